The molecule has 4 atom stereocenters. The minimum Gasteiger partial charge on any atom is -0.348 e. The second-order valence-electron chi connectivity index (χ2n) is 8.60. The van der Waals surface area contributed by atoms with Gasteiger partial charge in [-0.05, 0) is 37.3 Å². The van der Waals surface area contributed by atoms with E-state index in [9.17, 15) is 17.6 Å². The number of nitrogens with zero attached hydrogens (tertiary/aromatic N) is 1. The smallest absolute Gasteiger partial charge is 0.278 e. The van der Waals surface area contributed by atoms with Gasteiger partial charge in [-0.1, -0.05) is 38.8 Å². The molecule has 0 bridgehead atoms. The Labute approximate surface area is 173 Å². The first-order chi connectivity index (χ1) is 13.7. The molecule has 1 aromatic rings. The summed E-state index contributed by atoms with van der Waals surface area (Å²) in [6.45, 7) is 7.97. The van der Waals surface area contributed by atoms with Gasteiger partial charge in [0.25, 0.3) is 5.91 Å². The Bertz CT molecular complexity index is 824. The van der Waals surface area contributed by atoms with Crippen LogP contribution in [0, 0.1) is 17.7 Å². The van der Waals surface area contributed by atoms with E-state index in [-0.39, 0.29) is 36.0 Å². The number of halogens is 1. The molecule has 1 aromatic carbocycles. The highest BCUT2D eigenvalue weighted by Gasteiger charge is 2.37. The van der Waals surface area contributed by atoms with Gasteiger partial charge in [-0.3, -0.25) is 4.79 Å². The van der Waals surface area contributed by atoms with E-state index in [1.165, 1.54) is 28.9 Å². The van der Waals surface area contributed by atoms with E-state index in [1.807, 2.05) is 6.92 Å². The third kappa shape index (κ3) is 4.81. The molecule has 0 aromatic heterocycles. The molecule has 0 radical (unpaired) electrons. The molecular weight excluding hydrogens is 393 g/mol. The van der Waals surface area contributed by atoms with E-state index in [2.05, 4.69) is 19.2 Å². The molecule has 2 N–H and O–H groups in total. The molecule has 162 valence electrons. The molecule has 1 saturated carbocycles. The summed E-state index contributed by atoms with van der Waals surface area (Å²) in [5, 5.41) is 3.23. The average molecular weight is 427 g/mol. The zero-order chi connectivity index (χ0) is 21.2. The van der Waals surface area contributed by atoms with Crippen molar-refractivity contribution in [2.45, 2.75) is 57.0 Å². The Morgan fingerprint density at radius 2 is 1.86 bits per heavy atom. The van der Waals surface area contributed by atoms with E-state index in [1.54, 1.807) is 0 Å². The Kier molecular flexibility index (Phi) is 6.96. The van der Waals surface area contributed by atoms with Crippen LogP contribution in [0.4, 0.5) is 4.39 Å². The van der Waals surface area contributed by atoms with Crippen molar-refractivity contribution in [3.05, 3.63) is 30.1 Å². The van der Waals surface area contributed by atoms with Gasteiger partial charge >= 0.3 is 0 Å². The Morgan fingerprint density at radius 1 is 1.21 bits per heavy atom. The molecule has 1 amide bonds. The molecule has 2 aliphatic rings. The van der Waals surface area contributed by atoms with Gasteiger partial charge in [-0.25, -0.2) is 12.8 Å². The van der Waals surface area contributed by atoms with E-state index in [4.69, 9.17) is 0 Å². The van der Waals surface area contributed by atoms with Crippen LogP contribution >= 0.6 is 0 Å². The number of hydrogen-bond donors (Lipinski definition) is 2. The van der Waals surface area contributed by atoms with Crippen molar-refractivity contribution in [1.82, 2.24) is 9.62 Å². The number of piperazine rings is 1. The Morgan fingerprint density at radius 3 is 2.52 bits per heavy atom. The van der Waals surface area contributed by atoms with Crippen LogP contribution in [0.3, 0.4) is 0 Å². The fraction of sp³-hybridized carbons (Fsp3) is 0.667. The number of hydrogen-bond acceptors (Lipinski definition) is 3. The molecular formula is C21H33FN3O3S+. The van der Waals surface area contributed by atoms with Crippen molar-refractivity contribution >= 4 is 15.9 Å². The standard InChI is InChI=1S/C21H32FN3O3S/c1-15-7-6-9-19(16(15)2)23-21(26)17(3)24-11-13-25(14-12-24)29(27,28)20-10-5-4-8-18(20)22/h4-5,8,10,15-17,19H,6-7,9,11-14H2,1-3H3,(H,23,26)/p+1/t15-,16-,17-,19-/m1/s1. The molecule has 2 fully saturated rings. The summed E-state index contributed by atoms with van der Waals surface area (Å²) in [5.41, 5.74) is 0. The summed E-state index contributed by atoms with van der Waals surface area (Å²) in [6.07, 6.45) is 3.38. The van der Waals surface area contributed by atoms with Crippen LogP contribution in [0.5, 0.6) is 0 Å². The van der Waals surface area contributed by atoms with E-state index >= 15 is 0 Å². The highest BCUT2D eigenvalue weighted by atomic mass is 32.2. The lowest BCUT2D eigenvalue weighted by molar-refractivity contribution is -0.917. The van der Waals surface area contributed by atoms with Crippen molar-refractivity contribution in [3.63, 3.8) is 0 Å². The highest BCUT2D eigenvalue weighted by molar-refractivity contribution is 7.89. The highest BCUT2D eigenvalue weighted by Crippen LogP contribution is 2.29. The van der Waals surface area contributed by atoms with E-state index in [0.717, 1.165) is 23.8 Å². The van der Waals surface area contributed by atoms with Crippen molar-refractivity contribution in [2.75, 3.05) is 26.2 Å². The maximum absolute atomic E-state index is 14.0. The van der Waals surface area contributed by atoms with Gasteiger partial charge in [0.15, 0.2) is 6.04 Å². The normalized spacial score (nSPS) is 28.1. The SMILES string of the molecule is C[C@@H]1[C@H](C)CCC[C@H]1NC(=O)[C@@H](C)[NH+]1CCN(S(=O)(=O)c2ccccc2F)CC1. The van der Waals surface area contributed by atoms with Gasteiger partial charge in [0, 0.05) is 6.04 Å². The lowest BCUT2D eigenvalue weighted by Gasteiger charge is -2.37. The number of benzene rings is 1. The second kappa shape index (κ2) is 9.10. The molecule has 0 spiro atoms. The van der Waals surface area contributed by atoms with Crippen LogP contribution in [-0.2, 0) is 14.8 Å². The minimum atomic E-state index is -3.85. The first-order valence-electron chi connectivity index (χ1n) is 10.6. The first-order valence-corrected chi connectivity index (χ1v) is 12.1. The number of carbonyl (C=O) groups excluding carboxylic acids is 1. The molecule has 3 rings (SSSR count). The van der Waals surface area contributed by atoms with Crippen LogP contribution in [0.2, 0.25) is 0 Å². The average Bonchev–Trinajstić information content (AvgIpc) is 2.71. The maximum atomic E-state index is 14.0. The molecule has 1 heterocycles. The topological polar surface area (TPSA) is 70.9 Å². The zero-order valence-corrected chi connectivity index (χ0v) is 18.3. The number of rotatable bonds is 5. The van der Waals surface area contributed by atoms with Crippen LogP contribution < -0.4 is 10.2 Å². The van der Waals surface area contributed by atoms with Crippen LogP contribution in [0.25, 0.3) is 0 Å². The fourth-order valence-electron chi connectivity index (χ4n) is 4.52. The molecule has 8 heteroatoms. The van der Waals surface area contributed by atoms with Gasteiger partial charge in [-0.2, -0.15) is 4.31 Å². The number of quaternary nitrogens is 1. The van der Waals surface area contributed by atoms with E-state index < -0.39 is 15.8 Å². The lowest BCUT2D eigenvalue weighted by atomic mass is 9.78. The predicted molar refractivity (Wildman–Crippen MR) is 109 cm³/mol. The number of carbonyl (C=O) groups is 1. The molecule has 1 aliphatic heterocycles. The third-order valence-electron chi connectivity index (χ3n) is 6.86. The third-order valence-corrected chi connectivity index (χ3v) is 8.79. The van der Waals surface area contributed by atoms with Crippen LogP contribution in [0.1, 0.15) is 40.0 Å². The van der Waals surface area contributed by atoms with Crippen LogP contribution in [-0.4, -0.2) is 56.9 Å². The summed E-state index contributed by atoms with van der Waals surface area (Å²) >= 11 is 0. The quantitative estimate of drug-likeness (QED) is 0.739. The van der Waals surface area contributed by atoms with Crippen molar-refractivity contribution in [3.8, 4) is 0 Å². The summed E-state index contributed by atoms with van der Waals surface area (Å²) < 4.78 is 40.8. The number of nitrogens with one attached hydrogen (secondary N) is 2. The van der Waals surface area contributed by atoms with Gasteiger partial charge < -0.3 is 10.2 Å². The summed E-state index contributed by atoms with van der Waals surface area (Å²) in [6, 6.07) is 5.44. The largest absolute Gasteiger partial charge is 0.348 e. The number of sulfonamides is 1. The summed E-state index contributed by atoms with van der Waals surface area (Å²) in [7, 11) is -3.85. The first kappa shape index (κ1) is 22.2. The summed E-state index contributed by atoms with van der Waals surface area (Å²) in [4.78, 5) is 13.6. The van der Waals surface area contributed by atoms with E-state index in [0.29, 0.717) is 24.9 Å². The molecule has 29 heavy (non-hydrogen) atoms. The van der Waals surface area contributed by atoms with Gasteiger partial charge in [0.1, 0.15) is 10.7 Å². The molecule has 0 unspecified atom stereocenters. The van der Waals surface area contributed by atoms with Crippen molar-refractivity contribution < 1.29 is 22.5 Å². The fourth-order valence-corrected chi connectivity index (χ4v) is 6.03. The maximum Gasteiger partial charge on any atom is 0.278 e. The van der Waals surface area contributed by atoms with Gasteiger partial charge in [0.2, 0.25) is 10.0 Å². The van der Waals surface area contributed by atoms with Gasteiger partial charge in [-0.15, -0.1) is 0 Å². The van der Waals surface area contributed by atoms with Crippen LogP contribution in [0.15, 0.2) is 29.2 Å². The second-order valence-corrected chi connectivity index (χ2v) is 10.5. The molecule has 6 nitrogen and oxygen atoms in total. The number of amides is 1. The minimum absolute atomic E-state index is 0.0383. The van der Waals surface area contributed by atoms with Crippen molar-refractivity contribution in [2.24, 2.45) is 11.8 Å². The summed E-state index contributed by atoms with van der Waals surface area (Å²) in [5.74, 6) is 0.392. The monoisotopic (exact) mass is 426 g/mol. The lowest BCUT2D eigenvalue weighted by Crippen LogP contribution is -3.19. The van der Waals surface area contributed by atoms with Crippen molar-refractivity contribution in [1.29, 1.82) is 0 Å². The zero-order valence-electron chi connectivity index (χ0n) is 17.5. The molecule has 1 aliphatic carbocycles. The predicted octanol–water partition coefficient (Wildman–Crippen LogP) is 1.04. The molecule has 1 saturated heterocycles. The van der Waals surface area contributed by atoms with Gasteiger partial charge in [0.05, 0.1) is 26.2 Å². The Hall–Kier alpha value is -1.51. The Balaban J connectivity index is 1.57.